The average molecular weight is 359 g/mol. The van der Waals surface area contributed by atoms with Gasteiger partial charge in [-0.3, -0.25) is 4.79 Å². The molecule has 2 aliphatic rings. The number of piperidine rings is 1. The number of hydrogen-bond acceptors (Lipinski definition) is 4. The molecule has 3 rings (SSSR count). The van der Waals surface area contributed by atoms with Crippen LogP contribution in [0.1, 0.15) is 37.7 Å². The largest absolute Gasteiger partial charge is 0.496 e. The first kappa shape index (κ1) is 18.6. The molecule has 1 aromatic rings. The Morgan fingerprint density at radius 1 is 0.962 bits per heavy atom. The molecule has 1 aliphatic heterocycles. The molecule has 1 aromatic carbocycles. The number of methoxy groups -OCH3 is 3. The summed E-state index contributed by atoms with van der Waals surface area (Å²) in [6.45, 7) is 1.77. The average Bonchev–Trinajstić information content (AvgIpc) is 2.70. The van der Waals surface area contributed by atoms with Gasteiger partial charge in [0, 0.05) is 30.8 Å². The first-order valence-corrected chi connectivity index (χ1v) is 9.43. The zero-order valence-electron chi connectivity index (χ0n) is 16.0. The lowest BCUT2D eigenvalue weighted by Crippen LogP contribution is -2.44. The molecule has 1 aliphatic carbocycles. The summed E-state index contributed by atoms with van der Waals surface area (Å²) in [6.07, 6.45) is 9.86. The number of benzene rings is 1. The Morgan fingerprint density at radius 3 is 2.31 bits per heavy atom. The Balaban J connectivity index is 1.71. The van der Waals surface area contributed by atoms with Crippen molar-refractivity contribution in [1.82, 2.24) is 4.90 Å². The minimum atomic E-state index is 0.0749. The van der Waals surface area contributed by atoms with Gasteiger partial charge in [-0.25, -0.2) is 0 Å². The molecule has 1 saturated carbocycles. The molecule has 0 spiro atoms. The van der Waals surface area contributed by atoms with Crippen molar-refractivity contribution in [1.29, 1.82) is 0 Å². The summed E-state index contributed by atoms with van der Waals surface area (Å²) in [5, 5.41) is 0. The lowest BCUT2D eigenvalue weighted by atomic mass is 9.75. The SMILES string of the molecule is COc1cc(OC)c(OC)cc1/C=C/C(=O)N1CC[C@H]2CCCC[C@H]2C1. The monoisotopic (exact) mass is 359 g/mol. The molecule has 0 aromatic heterocycles. The van der Waals surface area contributed by atoms with Crippen LogP contribution in [0.15, 0.2) is 18.2 Å². The summed E-state index contributed by atoms with van der Waals surface area (Å²) >= 11 is 0. The smallest absolute Gasteiger partial charge is 0.246 e. The highest BCUT2D eigenvalue weighted by Crippen LogP contribution is 2.37. The van der Waals surface area contributed by atoms with Gasteiger partial charge in [-0.15, -0.1) is 0 Å². The maximum Gasteiger partial charge on any atom is 0.246 e. The molecule has 2 fully saturated rings. The third-order valence-corrected chi connectivity index (χ3v) is 5.74. The molecule has 2 atom stereocenters. The Labute approximate surface area is 155 Å². The molecule has 1 saturated heterocycles. The molecule has 1 amide bonds. The second kappa shape index (κ2) is 8.47. The van der Waals surface area contributed by atoms with E-state index in [0.717, 1.165) is 31.0 Å². The number of hydrogen-bond donors (Lipinski definition) is 0. The number of nitrogens with zero attached hydrogens (tertiary/aromatic N) is 1. The molecule has 0 bridgehead atoms. The first-order chi connectivity index (χ1) is 12.7. The van der Waals surface area contributed by atoms with Crippen LogP contribution in [0, 0.1) is 11.8 Å². The van der Waals surface area contributed by atoms with Gasteiger partial charge >= 0.3 is 0 Å². The van der Waals surface area contributed by atoms with E-state index in [1.807, 2.05) is 11.0 Å². The Hall–Kier alpha value is -2.17. The van der Waals surface area contributed by atoms with Crippen molar-refractivity contribution >= 4 is 12.0 Å². The number of likely N-dealkylation sites (tertiary alicyclic amines) is 1. The Kier molecular flexibility index (Phi) is 6.07. The number of rotatable bonds is 5. The third-order valence-electron chi connectivity index (χ3n) is 5.74. The molecular formula is C21H29NO4. The van der Waals surface area contributed by atoms with Gasteiger partial charge in [0.15, 0.2) is 11.5 Å². The van der Waals surface area contributed by atoms with Crippen LogP contribution in [-0.2, 0) is 4.79 Å². The van der Waals surface area contributed by atoms with Gasteiger partial charge in [-0.1, -0.05) is 19.3 Å². The number of amides is 1. The van der Waals surface area contributed by atoms with Gasteiger partial charge in [0.1, 0.15) is 5.75 Å². The number of carbonyl (C=O) groups is 1. The molecule has 1 heterocycles. The lowest BCUT2D eigenvalue weighted by molar-refractivity contribution is -0.128. The van der Waals surface area contributed by atoms with Crippen LogP contribution < -0.4 is 14.2 Å². The fourth-order valence-corrected chi connectivity index (χ4v) is 4.25. The van der Waals surface area contributed by atoms with Crippen molar-refractivity contribution in [2.24, 2.45) is 11.8 Å². The minimum absolute atomic E-state index is 0.0749. The van der Waals surface area contributed by atoms with Crippen molar-refractivity contribution < 1.29 is 19.0 Å². The molecular weight excluding hydrogens is 330 g/mol. The highest BCUT2D eigenvalue weighted by molar-refractivity contribution is 5.92. The predicted molar refractivity (Wildman–Crippen MR) is 102 cm³/mol. The van der Waals surface area contributed by atoms with Gasteiger partial charge in [-0.2, -0.15) is 0 Å². The highest BCUT2D eigenvalue weighted by atomic mass is 16.5. The molecule has 0 unspecified atom stereocenters. The van der Waals surface area contributed by atoms with E-state index in [9.17, 15) is 4.79 Å². The molecule has 0 N–H and O–H groups in total. The standard InChI is InChI=1S/C21H29NO4/c1-24-18-13-20(26-3)19(25-2)12-16(18)8-9-21(23)22-11-10-15-6-4-5-7-17(15)14-22/h8-9,12-13,15,17H,4-7,10-11,14H2,1-3H3/b9-8+/t15-,17+/m1/s1. The van der Waals surface area contributed by atoms with Crippen molar-refractivity contribution in [3.05, 3.63) is 23.8 Å². The molecule has 26 heavy (non-hydrogen) atoms. The van der Waals surface area contributed by atoms with Crippen LogP contribution in [0.4, 0.5) is 0 Å². The normalized spacial score (nSPS) is 22.8. The summed E-state index contributed by atoms with van der Waals surface area (Å²) < 4.78 is 16.1. The maximum absolute atomic E-state index is 12.7. The van der Waals surface area contributed by atoms with Crippen molar-refractivity contribution in [3.63, 3.8) is 0 Å². The summed E-state index contributed by atoms with van der Waals surface area (Å²) in [7, 11) is 4.79. The van der Waals surface area contributed by atoms with E-state index in [4.69, 9.17) is 14.2 Å². The number of fused-ring (bicyclic) bond motifs is 1. The van der Waals surface area contributed by atoms with E-state index in [2.05, 4.69) is 0 Å². The zero-order chi connectivity index (χ0) is 18.5. The van der Waals surface area contributed by atoms with Crippen molar-refractivity contribution in [2.45, 2.75) is 32.1 Å². The van der Waals surface area contributed by atoms with E-state index < -0.39 is 0 Å². The Morgan fingerprint density at radius 2 is 1.62 bits per heavy atom. The van der Waals surface area contributed by atoms with Crippen LogP contribution in [0.5, 0.6) is 17.2 Å². The van der Waals surface area contributed by atoms with E-state index in [1.54, 1.807) is 39.5 Å². The fourth-order valence-electron chi connectivity index (χ4n) is 4.25. The van der Waals surface area contributed by atoms with E-state index in [1.165, 1.54) is 25.7 Å². The van der Waals surface area contributed by atoms with Crippen LogP contribution in [0.25, 0.3) is 6.08 Å². The van der Waals surface area contributed by atoms with Gasteiger partial charge in [0.2, 0.25) is 5.91 Å². The predicted octanol–water partition coefficient (Wildman–Crippen LogP) is 3.76. The summed E-state index contributed by atoms with van der Waals surface area (Å²) in [5.41, 5.74) is 0.797. The van der Waals surface area contributed by atoms with Gasteiger partial charge < -0.3 is 19.1 Å². The second-order valence-corrected chi connectivity index (χ2v) is 7.16. The highest BCUT2D eigenvalue weighted by Gasteiger charge is 2.32. The van der Waals surface area contributed by atoms with Crippen LogP contribution in [-0.4, -0.2) is 45.2 Å². The van der Waals surface area contributed by atoms with Gasteiger partial charge in [-0.05, 0) is 36.8 Å². The number of carbonyl (C=O) groups excluding carboxylic acids is 1. The van der Waals surface area contributed by atoms with E-state index in [0.29, 0.717) is 23.2 Å². The molecule has 0 radical (unpaired) electrons. The minimum Gasteiger partial charge on any atom is -0.496 e. The van der Waals surface area contributed by atoms with E-state index >= 15 is 0 Å². The van der Waals surface area contributed by atoms with Crippen molar-refractivity contribution in [3.8, 4) is 17.2 Å². The van der Waals surface area contributed by atoms with Gasteiger partial charge in [0.25, 0.3) is 0 Å². The molecule has 142 valence electrons. The Bertz CT molecular complexity index is 670. The molecule has 5 heteroatoms. The van der Waals surface area contributed by atoms with E-state index in [-0.39, 0.29) is 5.91 Å². The number of ether oxygens (including phenoxy) is 3. The third kappa shape index (κ3) is 3.97. The fraction of sp³-hybridized carbons (Fsp3) is 0.571. The first-order valence-electron chi connectivity index (χ1n) is 9.43. The zero-order valence-corrected chi connectivity index (χ0v) is 16.0. The van der Waals surface area contributed by atoms with Crippen LogP contribution in [0.3, 0.4) is 0 Å². The maximum atomic E-state index is 12.7. The van der Waals surface area contributed by atoms with Gasteiger partial charge in [0.05, 0.1) is 21.3 Å². The molecule has 5 nitrogen and oxygen atoms in total. The summed E-state index contributed by atoms with van der Waals surface area (Å²) in [6, 6.07) is 3.60. The van der Waals surface area contributed by atoms with Crippen LogP contribution in [0.2, 0.25) is 0 Å². The van der Waals surface area contributed by atoms with Crippen molar-refractivity contribution in [2.75, 3.05) is 34.4 Å². The lowest BCUT2D eigenvalue weighted by Gasteiger charge is -2.41. The van der Waals surface area contributed by atoms with Crippen LogP contribution >= 0.6 is 0 Å². The quantitative estimate of drug-likeness (QED) is 0.751. The topological polar surface area (TPSA) is 48.0 Å². The summed E-state index contributed by atoms with van der Waals surface area (Å²) in [5.74, 6) is 3.45. The second-order valence-electron chi connectivity index (χ2n) is 7.16. The summed E-state index contributed by atoms with van der Waals surface area (Å²) in [4.78, 5) is 14.7.